The number of anilines is 2. The predicted octanol–water partition coefficient (Wildman–Crippen LogP) is 3.69. The Hall–Kier alpha value is -2.12. The smallest absolute Gasteiger partial charge is 0.129 e. The summed E-state index contributed by atoms with van der Waals surface area (Å²) in [6.45, 7) is 4.94. The van der Waals surface area contributed by atoms with E-state index in [0.717, 1.165) is 32.3 Å². The van der Waals surface area contributed by atoms with Gasteiger partial charge in [-0.3, -0.25) is 5.10 Å². The number of H-pyrrole nitrogens is 1. The first-order valence-corrected chi connectivity index (χ1v) is 9.41. The Balaban J connectivity index is 1.71. The molecule has 4 N–H and O–H groups in total. The molecule has 6 nitrogen and oxygen atoms in total. The van der Waals surface area contributed by atoms with E-state index in [2.05, 4.69) is 33.0 Å². The first kappa shape index (κ1) is 16.4. The molecule has 3 heterocycles. The number of thiophene rings is 1. The minimum atomic E-state index is -0.177. The minimum absolute atomic E-state index is 0.144. The first-order chi connectivity index (χ1) is 12.0. The van der Waals surface area contributed by atoms with Gasteiger partial charge in [0.1, 0.15) is 5.82 Å². The second kappa shape index (κ2) is 6.31. The number of nitrogens with one attached hydrogen (secondary N) is 3. The number of nitrogens with zero attached hydrogens (tertiary/aromatic N) is 2. The Bertz CT molecular complexity index is 867. The summed E-state index contributed by atoms with van der Waals surface area (Å²) >= 11 is 1.70. The van der Waals surface area contributed by atoms with Crippen LogP contribution >= 0.6 is 11.3 Å². The lowest BCUT2D eigenvalue weighted by Crippen LogP contribution is -2.26. The molecule has 1 fully saturated rings. The molecule has 1 aliphatic carbocycles. The zero-order valence-electron chi connectivity index (χ0n) is 14.5. The average Bonchev–Trinajstić information content (AvgIpc) is 3.09. The Labute approximate surface area is 150 Å². The largest absolute Gasteiger partial charge is 0.396 e. The predicted molar refractivity (Wildman–Crippen MR) is 103 cm³/mol. The molecule has 0 atom stereocenters. The van der Waals surface area contributed by atoms with E-state index in [-0.39, 0.29) is 12.0 Å². The molecular weight excluding hydrogens is 334 g/mol. The Morgan fingerprint density at radius 2 is 2.20 bits per heavy atom. The monoisotopic (exact) mass is 357 g/mol. The summed E-state index contributed by atoms with van der Waals surface area (Å²) in [6.07, 6.45) is 4.18. The maximum atomic E-state index is 9.52. The molecule has 0 radical (unpaired) electrons. The van der Waals surface area contributed by atoms with Crippen LogP contribution in [-0.2, 0) is 0 Å². The highest BCUT2D eigenvalue weighted by Crippen LogP contribution is 2.38. The quantitative estimate of drug-likeness (QED) is 0.518. The Kier molecular flexibility index (Phi) is 4.13. The van der Waals surface area contributed by atoms with E-state index in [1.54, 1.807) is 17.5 Å². The molecule has 132 valence electrons. The van der Waals surface area contributed by atoms with Crippen molar-refractivity contribution < 1.29 is 5.11 Å². The molecule has 25 heavy (non-hydrogen) atoms. The highest BCUT2D eigenvalue weighted by molar-refractivity contribution is 7.22. The van der Waals surface area contributed by atoms with Crippen molar-refractivity contribution in [1.82, 2.24) is 15.2 Å². The molecule has 0 amide bonds. The number of aromatic nitrogens is 3. The number of rotatable bonds is 7. The van der Waals surface area contributed by atoms with Gasteiger partial charge in [0.25, 0.3) is 0 Å². The molecule has 7 heteroatoms. The lowest BCUT2D eigenvalue weighted by molar-refractivity contribution is 0.171. The van der Waals surface area contributed by atoms with Gasteiger partial charge in [-0.25, -0.2) is 4.98 Å². The maximum Gasteiger partial charge on any atom is 0.129 e. The summed E-state index contributed by atoms with van der Waals surface area (Å²) in [6, 6.07) is 6.71. The van der Waals surface area contributed by atoms with Gasteiger partial charge in [0.05, 0.1) is 26.5 Å². The molecule has 0 unspecified atom stereocenters. The number of aromatic amines is 1. The average molecular weight is 357 g/mol. The van der Waals surface area contributed by atoms with E-state index in [4.69, 9.17) is 4.98 Å². The molecule has 0 bridgehead atoms. The van der Waals surface area contributed by atoms with Gasteiger partial charge in [0.2, 0.25) is 0 Å². The molecule has 0 aromatic carbocycles. The van der Waals surface area contributed by atoms with Gasteiger partial charge in [-0.15, -0.1) is 11.3 Å². The van der Waals surface area contributed by atoms with Gasteiger partial charge in [0, 0.05) is 36.9 Å². The van der Waals surface area contributed by atoms with E-state index in [1.807, 2.05) is 19.9 Å². The van der Waals surface area contributed by atoms with E-state index in [0.29, 0.717) is 12.6 Å². The van der Waals surface area contributed by atoms with Gasteiger partial charge < -0.3 is 15.7 Å². The van der Waals surface area contributed by atoms with Gasteiger partial charge >= 0.3 is 0 Å². The summed E-state index contributed by atoms with van der Waals surface area (Å²) in [5.41, 5.74) is 2.86. The summed E-state index contributed by atoms with van der Waals surface area (Å²) in [5.74, 6) is 0.910. The van der Waals surface area contributed by atoms with Crippen molar-refractivity contribution in [2.45, 2.75) is 32.7 Å². The van der Waals surface area contributed by atoms with Crippen molar-refractivity contribution in [1.29, 1.82) is 0 Å². The zero-order valence-corrected chi connectivity index (χ0v) is 15.3. The van der Waals surface area contributed by atoms with E-state index < -0.39 is 0 Å². The van der Waals surface area contributed by atoms with Crippen LogP contribution in [0.2, 0.25) is 0 Å². The lowest BCUT2D eigenvalue weighted by atomic mass is 9.95. The van der Waals surface area contributed by atoms with Crippen LogP contribution in [0, 0.1) is 5.41 Å². The molecule has 0 saturated heterocycles. The number of pyridine rings is 1. The minimum Gasteiger partial charge on any atom is -0.396 e. The number of fused-ring (bicyclic) bond motifs is 1. The zero-order chi connectivity index (χ0) is 17.4. The van der Waals surface area contributed by atoms with Gasteiger partial charge in [0.15, 0.2) is 0 Å². The Morgan fingerprint density at radius 1 is 1.36 bits per heavy atom. The fourth-order valence-corrected chi connectivity index (χ4v) is 3.64. The SMILES string of the molecule is CC(C)(CO)CNc1cc(NC2CC2)nc2cc(-c3ccn[nH]3)sc12. The fourth-order valence-electron chi connectivity index (χ4n) is 2.58. The highest BCUT2D eigenvalue weighted by atomic mass is 32.1. The van der Waals surface area contributed by atoms with Gasteiger partial charge in [-0.1, -0.05) is 13.8 Å². The van der Waals surface area contributed by atoms with Crippen LogP contribution in [0.15, 0.2) is 24.4 Å². The lowest BCUT2D eigenvalue weighted by Gasteiger charge is -2.23. The normalized spacial score (nSPS) is 14.8. The van der Waals surface area contributed by atoms with Gasteiger partial charge in [-0.2, -0.15) is 5.10 Å². The summed E-state index contributed by atoms with van der Waals surface area (Å²) in [4.78, 5) is 5.91. The van der Waals surface area contributed by atoms with Crippen LogP contribution in [0.25, 0.3) is 20.8 Å². The standard InChI is InChI=1S/C18H23N5OS/c1-18(2,10-24)9-19-13-8-16(21-11-3-4-11)22-14-7-15(25-17(13)14)12-5-6-20-23-12/h5-8,11,24H,3-4,9-10H2,1-2H3,(H,20,23)(H2,19,21,22). The highest BCUT2D eigenvalue weighted by Gasteiger charge is 2.23. The van der Waals surface area contributed by atoms with Crippen LogP contribution in [0.5, 0.6) is 0 Å². The first-order valence-electron chi connectivity index (χ1n) is 8.60. The van der Waals surface area contributed by atoms with Crippen LogP contribution in [0.4, 0.5) is 11.5 Å². The molecule has 4 rings (SSSR count). The third kappa shape index (κ3) is 3.62. The number of aliphatic hydroxyl groups is 1. The third-order valence-corrected chi connectivity index (χ3v) is 5.55. The van der Waals surface area contributed by atoms with Crippen molar-refractivity contribution in [3.63, 3.8) is 0 Å². The second-order valence-corrected chi connectivity index (χ2v) is 8.50. The van der Waals surface area contributed by atoms with E-state index in [9.17, 15) is 5.11 Å². The van der Waals surface area contributed by atoms with Crippen LogP contribution in [0.1, 0.15) is 26.7 Å². The Morgan fingerprint density at radius 3 is 2.88 bits per heavy atom. The molecular formula is C18H23N5OS. The molecule has 1 saturated carbocycles. The third-order valence-electron chi connectivity index (χ3n) is 4.36. The molecule has 3 aromatic heterocycles. The number of hydrogen-bond acceptors (Lipinski definition) is 6. The van der Waals surface area contributed by atoms with E-state index in [1.165, 1.54) is 12.8 Å². The molecule has 0 aliphatic heterocycles. The maximum absolute atomic E-state index is 9.52. The van der Waals surface area contributed by atoms with Crippen molar-refractivity contribution in [2.24, 2.45) is 5.41 Å². The van der Waals surface area contributed by atoms with Crippen LogP contribution in [0.3, 0.4) is 0 Å². The number of hydrogen-bond donors (Lipinski definition) is 4. The number of aliphatic hydroxyl groups excluding tert-OH is 1. The van der Waals surface area contributed by atoms with E-state index >= 15 is 0 Å². The second-order valence-electron chi connectivity index (χ2n) is 7.44. The van der Waals surface area contributed by atoms with Crippen molar-refractivity contribution in [2.75, 3.05) is 23.8 Å². The topological polar surface area (TPSA) is 85.9 Å². The fraction of sp³-hybridized carbons (Fsp3) is 0.444. The van der Waals surface area contributed by atoms with Crippen LogP contribution < -0.4 is 10.6 Å². The summed E-state index contributed by atoms with van der Waals surface area (Å²) in [5, 5.41) is 23.6. The molecule has 0 spiro atoms. The molecule has 1 aliphatic rings. The summed E-state index contributed by atoms with van der Waals surface area (Å²) < 4.78 is 1.12. The molecule has 3 aromatic rings. The van der Waals surface area contributed by atoms with Crippen molar-refractivity contribution in [3.8, 4) is 10.6 Å². The van der Waals surface area contributed by atoms with Crippen LogP contribution in [-0.4, -0.2) is 39.5 Å². The van der Waals surface area contributed by atoms with Crippen molar-refractivity contribution in [3.05, 3.63) is 24.4 Å². The summed E-state index contributed by atoms with van der Waals surface area (Å²) in [7, 11) is 0. The van der Waals surface area contributed by atoms with Crippen molar-refractivity contribution >= 4 is 33.1 Å². The van der Waals surface area contributed by atoms with Gasteiger partial charge in [-0.05, 0) is 25.0 Å².